The van der Waals surface area contributed by atoms with Gasteiger partial charge < -0.3 is 19.8 Å². The summed E-state index contributed by atoms with van der Waals surface area (Å²) in [6.07, 6.45) is 70.1. The Hall–Kier alpha value is -1.02. The van der Waals surface area contributed by atoms with Crippen LogP contribution in [0.1, 0.15) is 322 Å². The third-order valence-electron chi connectivity index (χ3n) is 14.7. The molecule has 0 heterocycles. The van der Waals surface area contributed by atoms with Crippen molar-refractivity contribution in [2.45, 2.75) is 334 Å². The van der Waals surface area contributed by atoms with Gasteiger partial charge in [-0.2, -0.15) is 0 Å². The number of hydrogen-bond acceptors (Lipinski definition) is 5. The standard InChI is InChI=1S/C63H125N2O6P/c1-6-8-10-12-14-16-18-20-22-24-26-28-30-31-32-33-35-37-39-41-43-45-47-49-51-53-55-57-63(67)64-61(60-71-72(68,69)70-59-58-65(3,4)5)62(66)56-54-52-50-48-46-44-42-40-38-36-34-29-27-25-23-21-19-17-15-13-11-9-7-2/h31-32,54,56,61-62,66H,6-30,33-53,55,57-60H2,1-5H3,(H-,64,67,68,69)/p+1/b32-31-,56-54+. The minimum absolute atomic E-state index is 0.0634. The number of allylic oxidation sites excluding steroid dienone is 3. The molecule has 0 aromatic heterocycles. The van der Waals surface area contributed by atoms with E-state index in [1.54, 1.807) is 6.08 Å². The molecule has 8 nitrogen and oxygen atoms in total. The molecule has 0 rings (SSSR count). The van der Waals surface area contributed by atoms with Crippen LogP contribution in [0.15, 0.2) is 24.3 Å². The molecule has 0 aliphatic rings. The van der Waals surface area contributed by atoms with E-state index in [9.17, 15) is 19.4 Å². The number of nitrogens with zero attached hydrogens (tertiary/aromatic N) is 1. The Morgan fingerprint density at radius 2 is 0.750 bits per heavy atom. The number of nitrogens with one attached hydrogen (secondary N) is 1. The fourth-order valence-corrected chi connectivity index (χ4v) is 10.4. The summed E-state index contributed by atoms with van der Waals surface area (Å²) in [5.41, 5.74) is 0. The van der Waals surface area contributed by atoms with Crippen molar-refractivity contribution in [3.05, 3.63) is 24.3 Å². The number of carbonyl (C=O) groups excluding carboxylic acids is 1. The van der Waals surface area contributed by atoms with Gasteiger partial charge in [0.05, 0.1) is 39.9 Å². The summed E-state index contributed by atoms with van der Waals surface area (Å²) in [5.74, 6) is -0.172. The van der Waals surface area contributed by atoms with Crippen LogP contribution in [0.25, 0.3) is 0 Å². The lowest BCUT2D eigenvalue weighted by Gasteiger charge is -2.25. The highest BCUT2D eigenvalue weighted by Crippen LogP contribution is 2.43. The molecule has 0 aliphatic heterocycles. The van der Waals surface area contributed by atoms with E-state index in [-0.39, 0.29) is 19.1 Å². The van der Waals surface area contributed by atoms with E-state index in [1.807, 2.05) is 27.2 Å². The van der Waals surface area contributed by atoms with Crippen molar-refractivity contribution < 1.29 is 32.9 Å². The Kier molecular flexibility index (Phi) is 54.0. The number of likely N-dealkylation sites (N-methyl/N-ethyl adjacent to an activating group) is 1. The molecule has 0 radical (unpaired) electrons. The normalized spacial score (nSPS) is 13.9. The van der Waals surface area contributed by atoms with Gasteiger partial charge >= 0.3 is 7.82 Å². The first kappa shape index (κ1) is 71.0. The zero-order valence-electron chi connectivity index (χ0n) is 48.9. The van der Waals surface area contributed by atoms with Crippen LogP contribution in [0.5, 0.6) is 0 Å². The van der Waals surface area contributed by atoms with Crippen LogP contribution in [0.3, 0.4) is 0 Å². The minimum Gasteiger partial charge on any atom is -0.387 e. The van der Waals surface area contributed by atoms with E-state index >= 15 is 0 Å². The third kappa shape index (κ3) is 56.7. The Labute approximate surface area is 449 Å². The molecule has 72 heavy (non-hydrogen) atoms. The number of aliphatic hydroxyl groups is 1. The van der Waals surface area contributed by atoms with E-state index in [0.717, 1.165) is 32.1 Å². The highest BCUT2D eigenvalue weighted by molar-refractivity contribution is 7.47. The van der Waals surface area contributed by atoms with Crippen LogP contribution in [0.2, 0.25) is 0 Å². The van der Waals surface area contributed by atoms with E-state index in [1.165, 1.54) is 270 Å². The Morgan fingerprint density at radius 3 is 1.07 bits per heavy atom. The van der Waals surface area contributed by atoms with Gasteiger partial charge in [-0.3, -0.25) is 13.8 Å². The van der Waals surface area contributed by atoms with Crippen LogP contribution in [-0.2, 0) is 18.4 Å². The van der Waals surface area contributed by atoms with Gasteiger partial charge in [0.15, 0.2) is 0 Å². The van der Waals surface area contributed by atoms with Crippen molar-refractivity contribution in [2.24, 2.45) is 0 Å². The van der Waals surface area contributed by atoms with Gasteiger partial charge in [0.2, 0.25) is 5.91 Å². The van der Waals surface area contributed by atoms with Gasteiger partial charge in [-0.05, 0) is 44.9 Å². The van der Waals surface area contributed by atoms with Crippen LogP contribution < -0.4 is 5.32 Å². The van der Waals surface area contributed by atoms with Gasteiger partial charge in [0.1, 0.15) is 13.2 Å². The monoisotopic (exact) mass is 1040 g/mol. The Balaban J connectivity index is 4.13. The summed E-state index contributed by atoms with van der Waals surface area (Å²) in [6.45, 7) is 4.87. The van der Waals surface area contributed by atoms with Crippen molar-refractivity contribution in [1.29, 1.82) is 0 Å². The number of phosphoric ester groups is 1. The van der Waals surface area contributed by atoms with E-state index < -0.39 is 20.0 Å². The maximum atomic E-state index is 13.0. The van der Waals surface area contributed by atoms with Crippen LogP contribution in [-0.4, -0.2) is 73.4 Å². The van der Waals surface area contributed by atoms with Gasteiger partial charge in [0, 0.05) is 6.42 Å². The molecule has 0 aromatic rings. The third-order valence-corrected chi connectivity index (χ3v) is 15.6. The smallest absolute Gasteiger partial charge is 0.387 e. The molecule has 0 saturated heterocycles. The number of hydrogen-bond donors (Lipinski definition) is 3. The fraction of sp³-hybridized carbons (Fsp3) is 0.921. The number of aliphatic hydroxyl groups excluding tert-OH is 1. The Bertz CT molecular complexity index is 1220. The lowest BCUT2D eigenvalue weighted by atomic mass is 10.0. The van der Waals surface area contributed by atoms with Gasteiger partial charge in [-0.1, -0.05) is 295 Å². The van der Waals surface area contributed by atoms with Crippen molar-refractivity contribution in [1.82, 2.24) is 5.32 Å². The fourth-order valence-electron chi connectivity index (χ4n) is 9.69. The average Bonchev–Trinajstić information content (AvgIpc) is 3.34. The summed E-state index contributed by atoms with van der Waals surface area (Å²) in [7, 11) is 1.59. The summed E-state index contributed by atoms with van der Waals surface area (Å²) in [4.78, 5) is 23.4. The number of rotatable bonds is 59. The number of carbonyl (C=O) groups is 1. The van der Waals surface area contributed by atoms with Crippen LogP contribution in [0.4, 0.5) is 0 Å². The number of phosphoric acid groups is 1. The number of quaternary nitrogens is 1. The number of amides is 1. The van der Waals surface area contributed by atoms with Gasteiger partial charge in [-0.15, -0.1) is 0 Å². The molecule has 9 heteroatoms. The van der Waals surface area contributed by atoms with E-state index in [4.69, 9.17) is 9.05 Å². The quantitative estimate of drug-likeness (QED) is 0.0243. The maximum Gasteiger partial charge on any atom is 0.472 e. The first-order chi connectivity index (χ1) is 35.0. The second-order valence-electron chi connectivity index (χ2n) is 23.1. The second-order valence-corrected chi connectivity index (χ2v) is 24.6. The highest BCUT2D eigenvalue weighted by atomic mass is 31.2. The summed E-state index contributed by atoms with van der Waals surface area (Å²) in [6, 6.07) is -0.846. The molecule has 3 unspecified atom stereocenters. The average molecular weight is 1040 g/mol. The lowest BCUT2D eigenvalue weighted by Crippen LogP contribution is -2.45. The Morgan fingerprint density at radius 1 is 0.458 bits per heavy atom. The van der Waals surface area contributed by atoms with Crippen molar-refractivity contribution in [3.8, 4) is 0 Å². The van der Waals surface area contributed by atoms with Gasteiger partial charge in [0.25, 0.3) is 0 Å². The minimum atomic E-state index is -4.35. The predicted molar refractivity (Wildman–Crippen MR) is 314 cm³/mol. The largest absolute Gasteiger partial charge is 0.472 e. The second kappa shape index (κ2) is 54.8. The molecule has 3 atom stereocenters. The van der Waals surface area contributed by atoms with Crippen LogP contribution in [0, 0.1) is 0 Å². The van der Waals surface area contributed by atoms with Gasteiger partial charge in [-0.25, -0.2) is 4.57 Å². The summed E-state index contributed by atoms with van der Waals surface area (Å²) >= 11 is 0. The molecule has 0 aromatic carbocycles. The summed E-state index contributed by atoms with van der Waals surface area (Å²) in [5, 5.41) is 14.0. The molecule has 1 amide bonds. The topological polar surface area (TPSA) is 105 Å². The zero-order chi connectivity index (χ0) is 52.7. The van der Waals surface area contributed by atoms with E-state index in [2.05, 4.69) is 31.3 Å². The molecule has 0 spiro atoms. The SMILES string of the molecule is CCCCCCCCCCCCCC/C=C\CCCCCCCCCCCCCC(=O)NC(COP(=O)(O)OCC[N+](C)(C)C)C(O)/C=C/CCCCCCCCCCCCCCCCCCCCCCC. The highest BCUT2D eigenvalue weighted by Gasteiger charge is 2.28. The molecular formula is C63H126N2O6P+. The maximum absolute atomic E-state index is 13.0. The first-order valence-corrected chi connectivity index (χ1v) is 33.2. The molecule has 428 valence electrons. The van der Waals surface area contributed by atoms with Crippen molar-refractivity contribution in [3.63, 3.8) is 0 Å². The van der Waals surface area contributed by atoms with Crippen molar-refractivity contribution >= 4 is 13.7 Å². The molecular weight excluding hydrogens is 912 g/mol. The predicted octanol–water partition coefficient (Wildman–Crippen LogP) is 19.5. The summed E-state index contributed by atoms with van der Waals surface area (Å²) < 4.78 is 23.8. The zero-order valence-corrected chi connectivity index (χ0v) is 49.8. The molecule has 0 aliphatic carbocycles. The van der Waals surface area contributed by atoms with Crippen molar-refractivity contribution in [2.75, 3.05) is 40.9 Å². The molecule has 0 fully saturated rings. The first-order valence-electron chi connectivity index (χ1n) is 31.7. The molecule has 0 saturated carbocycles. The molecule has 3 N–H and O–H groups in total. The lowest BCUT2D eigenvalue weighted by molar-refractivity contribution is -0.870. The van der Waals surface area contributed by atoms with E-state index in [0.29, 0.717) is 17.4 Å². The molecule has 0 bridgehead atoms. The number of unbranched alkanes of at least 4 members (excludes halogenated alkanes) is 44. The van der Waals surface area contributed by atoms with Crippen LogP contribution >= 0.6 is 7.82 Å².